The molecule has 0 saturated carbocycles. The van der Waals surface area contributed by atoms with Gasteiger partial charge in [0.25, 0.3) is 0 Å². The van der Waals surface area contributed by atoms with Crippen molar-refractivity contribution in [1.82, 2.24) is 15.1 Å². The molecule has 2 amide bonds. The molecule has 2 heterocycles. The van der Waals surface area contributed by atoms with E-state index >= 15 is 0 Å². The lowest BCUT2D eigenvalue weighted by Crippen LogP contribution is -2.67. The Balaban J connectivity index is 2.07. The van der Waals surface area contributed by atoms with Crippen LogP contribution in [0.3, 0.4) is 0 Å². The summed E-state index contributed by atoms with van der Waals surface area (Å²) in [5, 5.41) is 2.58. The minimum atomic E-state index is -0.310. The summed E-state index contributed by atoms with van der Waals surface area (Å²) in [6.45, 7) is 3.70. The highest BCUT2D eigenvalue weighted by Gasteiger charge is 2.40. The van der Waals surface area contributed by atoms with Crippen LogP contribution in [0.15, 0.2) is 0 Å². The zero-order valence-electron chi connectivity index (χ0n) is 8.49. The van der Waals surface area contributed by atoms with Crippen LogP contribution in [0.4, 0.5) is 0 Å². The predicted molar refractivity (Wildman–Crippen MR) is 50.6 cm³/mol. The van der Waals surface area contributed by atoms with Crippen LogP contribution < -0.4 is 5.32 Å². The molecule has 5 nitrogen and oxygen atoms in total. The number of likely N-dealkylation sites (tertiary alicyclic amines) is 1. The third-order valence-electron chi connectivity index (χ3n) is 2.94. The molecule has 0 aromatic heterocycles. The Labute approximate surface area is 83.0 Å². The number of hydrogen-bond donors (Lipinski definition) is 1. The first-order valence-corrected chi connectivity index (χ1v) is 4.87. The highest BCUT2D eigenvalue weighted by molar-refractivity contribution is 5.94. The summed E-state index contributed by atoms with van der Waals surface area (Å²) in [5.74, 6) is -0.00523. The molecule has 5 heteroatoms. The minimum absolute atomic E-state index is 0.0372. The lowest BCUT2D eigenvalue weighted by molar-refractivity contribution is -0.151. The van der Waals surface area contributed by atoms with E-state index in [0.29, 0.717) is 0 Å². The number of likely N-dealkylation sites (N-methyl/N-ethyl adjacent to an activating group) is 1. The van der Waals surface area contributed by atoms with Gasteiger partial charge in [0.1, 0.15) is 6.04 Å². The zero-order valence-corrected chi connectivity index (χ0v) is 8.49. The molecular formula is C9H15N3O2. The van der Waals surface area contributed by atoms with Gasteiger partial charge in [-0.2, -0.15) is 0 Å². The van der Waals surface area contributed by atoms with Crippen LogP contribution in [0.25, 0.3) is 0 Å². The fraction of sp³-hybridized carbons (Fsp3) is 0.778. The van der Waals surface area contributed by atoms with E-state index in [1.165, 1.54) is 0 Å². The van der Waals surface area contributed by atoms with Gasteiger partial charge in [0.15, 0.2) is 0 Å². The molecule has 2 fully saturated rings. The molecule has 14 heavy (non-hydrogen) atoms. The van der Waals surface area contributed by atoms with E-state index in [1.807, 2.05) is 7.05 Å². The highest BCUT2D eigenvalue weighted by atomic mass is 16.2. The van der Waals surface area contributed by atoms with E-state index in [0.717, 1.165) is 13.1 Å². The van der Waals surface area contributed by atoms with Crippen LogP contribution in [0.5, 0.6) is 0 Å². The Hall–Kier alpha value is -1.10. The van der Waals surface area contributed by atoms with Gasteiger partial charge in [0.05, 0.1) is 12.6 Å². The van der Waals surface area contributed by atoms with E-state index in [4.69, 9.17) is 0 Å². The fourth-order valence-corrected chi connectivity index (χ4v) is 2.11. The van der Waals surface area contributed by atoms with Gasteiger partial charge in [-0.1, -0.05) is 0 Å². The van der Waals surface area contributed by atoms with Gasteiger partial charge < -0.3 is 15.1 Å². The van der Waals surface area contributed by atoms with Crippen LogP contribution in [0, 0.1) is 0 Å². The van der Waals surface area contributed by atoms with E-state index in [9.17, 15) is 9.59 Å². The number of rotatable bonds is 1. The zero-order chi connectivity index (χ0) is 10.3. The summed E-state index contributed by atoms with van der Waals surface area (Å²) in [4.78, 5) is 26.8. The average molecular weight is 197 g/mol. The average Bonchev–Trinajstić information content (AvgIpc) is 2.09. The first-order chi connectivity index (χ1) is 6.59. The molecular weight excluding hydrogens is 182 g/mol. The molecule has 2 aliphatic heterocycles. The van der Waals surface area contributed by atoms with Gasteiger partial charge >= 0.3 is 0 Å². The van der Waals surface area contributed by atoms with Crippen LogP contribution in [0.2, 0.25) is 0 Å². The molecule has 1 unspecified atom stereocenters. The molecule has 0 aromatic rings. The Morgan fingerprint density at radius 1 is 1.36 bits per heavy atom. The second-order valence-corrected chi connectivity index (χ2v) is 4.07. The van der Waals surface area contributed by atoms with E-state index in [1.54, 1.807) is 11.8 Å². The molecule has 1 atom stereocenters. The van der Waals surface area contributed by atoms with Crippen LogP contribution in [-0.4, -0.2) is 60.4 Å². The monoisotopic (exact) mass is 197 g/mol. The second kappa shape index (κ2) is 3.24. The van der Waals surface area contributed by atoms with E-state index in [-0.39, 0.29) is 30.4 Å². The number of amides is 2. The van der Waals surface area contributed by atoms with Gasteiger partial charge in [-0.05, 0) is 14.0 Å². The summed E-state index contributed by atoms with van der Waals surface area (Å²) >= 11 is 0. The third-order valence-corrected chi connectivity index (χ3v) is 2.94. The Morgan fingerprint density at radius 3 is 2.57 bits per heavy atom. The molecule has 1 N–H and O–H groups in total. The number of nitrogens with zero attached hydrogens (tertiary/aromatic N) is 2. The van der Waals surface area contributed by atoms with Gasteiger partial charge in [-0.3, -0.25) is 9.59 Å². The quantitative estimate of drug-likeness (QED) is 0.565. The maximum absolute atomic E-state index is 11.6. The number of carbonyl (C=O) groups is 2. The Bertz CT molecular complexity index is 273. The predicted octanol–water partition coefficient (Wildman–Crippen LogP) is -1.35. The molecule has 2 rings (SSSR count). The number of hydrogen-bond acceptors (Lipinski definition) is 3. The molecule has 0 spiro atoms. The van der Waals surface area contributed by atoms with Crippen molar-refractivity contribution in [1.29, 1.82) is 0 Å². The van der Waals surface area contributed by atoms with Gasteiger partial charge in [-0.15, -0.1) is 0 Å². The fourth-order valence-electron chi connectivity index (χ4n) is 2.11. The maximum Gasteiger partial charge on any atom is 0.242 e. The van der Waals surface area contributed by atoms with Crippen molar-refractivity contribution in [2.75, 3.05) is 26.7 Å². The largest absolute Gasteiger partial charge is 0.345 e. The van der Waals surface area contributed by atoms with Gasteiger partial charge in [0, 0.05) is 13.1 Å². The molecule has 2 saturated heterocycles. The lowest BCUT2D eigenvalue weighted by Gasteiger charge is -2.47. The Kier molecular flexibility index (Phi) is 2.19. The number of carbonyl (C=O) groups excluding carboxylic acids is 2. The normalized spacial score (nSPS) is 30.1. The van der Waals surface area contributed by atoms with Crippen molar-refractivity contribution < 1.29 is 9.59 Å². The molecule has 0 bridgehead atoms. The number of piperazine rings is 1. The molecule has 78 valence electrons. The molecule has 0 aromatic carbocycles. The standard InChI is InChI=1S/C9H15N3O2/c1-6-9(14)10-3-8(13)12(6)7-4-11(2)5-7/h6-7H,3-5H2,1-2H3,(H,10,14). The summed E-state index contributed by atoms with van der Waals surface area (Å²) in [5.41, 5.74) is 0. The van der Waals surface area contributed by atoms with Crippen molar-refractivity contribution in [2.45, 2.75) is 19.0 Å². The minimum Gasteiger partial charge on any atom is -0.345 e. The van der Waals surface area contributed by atoms with E-state index < -0.39 is 0 Å². The summed E-state index contributed by atoms with van der Waals surface area (Å²) in [7, 11) is 2.01. The van der Waals surface area contributed by atoms with Crippen molar-refractivity contribution in [3.63, 3.8) is 0 Å². The summed E-state index contributed by atoms with van der Waals surface area (Å²) < 4.78 is 0. The van der Waals surface area contributed by atoms with Crippen LogP contribution in [0.1, 0.15) is 6.92 Å². The second-order valence-electron chi connectivity index (χ2n) is 4.07. The van der Waals surface area contributed by atoms with Crippen LogP contribution >= 0.6 is 0 Å². The maximum atomic E-state index is 11.6. The molecule has 2 aliphatic rings. The topological polar surface area (TPSA) is 52.7 Å². The molecule has 0 aliphatic carbocycles. The Morgan fingerprint density at radius 2 is 2.00 bits per heavy atom. The van der Waals surface area contributed by atoms with Crippen molar-refractivity contribution >= 4 is 11.8 Å². The smallest absolute Gasteiger partial charge is 0.242 e. The van der Waals surface area contributed by atoms with Gasteiger partial charge in [-0.25, -0.2) is 0 Å². The first-order valence-electron chi connectivity index (χ1n) is 4.87. The first kappa shape index (κ1) is 9.45. The summed E-state index contributed by atoms with van der Waals surface area (Å²) in [6.07, 6.45) is 0. The van der Waals surface area contributed by atoms with Gasteiger partial charge in [0.2, 0.25) is 11.8 Å². The summed E-state index contributed by atoms with van der Waals surface area (Å²) in [6, 6.07) is -0.0801. The van der Waals surface area contributed by atoms with Crippen molar-refractivity contribution in [3.8, 4) is 0 Å². The van der Waals surface area contributed by atoms with Crippen LogP contribution in [-0.2, 0) is 9.59 Å². The number of nitrogens with one attached hydrogen (secondary N) is 1. The van der Waals surface area contributed by atoms with Crippen molar-refractivity contribution in [3.05, 3.63) is 0 Å². The third kappa shape index (κ3) is 1.37. The lowest BCUT2D eigenvalue weighted by atomic mass is 10.0. The molecule has 0 radical (unpaired) electrons. The highest BCUT2D eigenvalue weighted by Crippen LogP contribution is 2.17. The van der Waals surface area contributed by atoms with E-state index in [2.05, 4.69) is 10.2 Å². The SMILES string of the molecule is CC1C(=O)NCC(=O)N1C1CN(C)C1. The van der Waals surface area contributed by atoms with Crippen molar-refractivity contribution in [2.24, 2.45) is 0 Å².